The van der Waals surface area contributed by atoms with Crippen LogP contribution in [0.15, 0.2) is 0 Å². The molecule has 1 fully saturated rings. The van der Waals surface area contributed by atoms with E-state index in [1.54, 1.807) is 0 Å². The maximum absolute atomic E-state index is 11.8. The molecule has 3 N–H and O–H groups in total. The van der Waals surface area contributed by atoms with Crippen LogP contribution in [0.1, 0.15) is 39.5 Å². The Morgan fingerprint density at radius 3 is 2.69 bits per heavy atom. The second-order valence-electron chi connectivity index (χ2n) is 5.01. The topological polar surface area (TPSA) is 81.4 Å². The summed E-state index contributed by atoms with van der Waals surface area (Å²) in [6.45, 7) is 3.90. The van der Waals surface area contributed by atoms with Crippen molar-refractivity contribution in [3.8, 4) is 0 Å². The molecule has 0 spiro atoms. The highest BCUT2D eigenvalue weighted by molar-refractivity contribution is 5.79. The smallest absolute Gasteiger partial charge is 0.247 e. The summed E-state index contributed by atoms with van der Waals surface area (Å²) in [5.41, 5.74) is 7.19. The third kappa shape index (κ3) is 3.48. The molecular formula is C11H20N2O3. The van der Waals surface area contributed by atoms with Crippen LogP contribution in [0.4, 0.5) is 0 Å². The molecule has 5 nitrogen and oxygen atoms in total. The maximum Gasteiger partial charge on any atom is 0.247 e. The van der Waals surface area contributed by atoms with E-state index in [-0.39, 0.29) is 23.8 Å². The zero-order valence-electron chi connectivity index (χ0n) is 9.91. The fourth-order valence-corrected chi connectivity index (χ4v) is 2.23. The van der Waals surface area contributed by atoms with E-state index >= 15 is 0 Å². The van der Waals surface area contributed by atoms with Gasteiger partial charge in [0.25, 0.3) is 0 Å². The Morgan fingerprint density at radius 1 is 1.44 bits per heavy atom. The van der Waals surface area contributed by atoms with Gasteiger partial charge in [0.15, 0.2) is 6.61 Å². The van der Waals surface area contributed by atoms with Gasteiger partial charge in [0.05, 0.1) is 0 Å². The molecule has 1 rings (SSSR count). The van der Waals surface area contributed by atoms with E-state index in [0.29, 0.717) is 0 Å². The molecule has 0 saturated heterocycles. The molecule has 0 aromatic rings. The SMILES string of the molecule is CC1(C)CCCCC1C(=O)NOCC(N)=O. The van der Waals surface area contributed by atoms with Gasteiger partial charge in [-0.2, -0.15) is 0 Å². The summed E-state index contributed by atoms with van der Waals surface area (Å²) in [6, 6.07) is 0. The van der Waals surface area contributed by atoms with Crippen molar-refractivity contribution in [2.45, 2.75) is 39.5 Å². The van der Waals surface area contributed by atoms with E-state index in [2.05, 4.69) is 19.3 Å². The van der Waals surface area contributed by atoms with Gasteiger partial charge in [-0.25, -0.2) is 5.48 Å². The maximum atomic E-state index is 11.8. The Morgan fingerprint density at radius 2 is 2.12 bits per heavy atom. The molecular weight excluding hydrogens is 208 g/mol. The van der Waals surface area contributed by atoms with Crippen LogP contribution < -0.4 is 11.2 Å². The number of carbonyl (C=O) groups excluding carboxylic acids is 2. The fourth-order valence-electron chi connectivity index (χ4n) is 2.23. The monoisotopic (exact) mass is 228 g/mol. The highest BCUT2D eigenvalue weighted by Gasteiger charge is 2.37. The van der Waals surface area contributed by atoms with Crippen LogP contribution in [-0.4, -0.2) is 18.4 Å². The number of rotatable bonds is 4. The Labute approximate surface area is 95.7 Å². The van der Waals surface area contributed by atoms with Gasteiger partial charge in [-0.05, 0) is 18.3 Å². The van der Waals surface area contributed by atoms with Crippen molar-refractivity contribution in [2.75, 3.05) is 6.61 Å². The van der Waals surface area contributed by atoms with Crippen LogP contribution in [-0.2, 0) is 14.4 Å². The zero-order chi connectivity index (χ0) is 12.2. The first-order valence-corrected chi connectivity index (χ1v) is 5.63. The van der Waals surface area contributed by atoms with Crippen LogP contribution in [0.3, 0.4) is 0 Å². The number of hydrogen-bond donors (Lipinski definition) is 2. The van der Waals surface area contributed by atoms with E-state index in [0.717, 1.165) is 19.3 Å². The van der Waals surface area contributed by atoms with Crippen LogP contribution in [0.2, 0.25) is 0 Å². The van der Waals surface area contributed by atoms with Crippen molar-refractivity contribution in [3.05, 3.63) is 0 Å². The molecule has 1 saturated carbocycles. The first-order valence-electron chi connectivity index (χ1n) is 5.63. The Balaban J connectivity index is 2.42. The summed E-state index contributed by atoms with van der Waals surface area (Å²) in [5, 5.41) is 0. The molecule has 2 amide bonds. The summed E-state index contributed by atoms with van der Waals surface area (Å²) in [6.07, 6.45) is 4.15. The lowest BCUT2D eigenvalue weighted by molar-refractivity contribution is -0.145. The third-order valence-corrected chi connectivity index (χ3v) is 3.21. The summed E-state index contributed by atoms with van der Waals surface area (Å²) in [7, 11) is 0. The average Bonchev–Trinajstić information content (AvgIpc) is 2.16. The zero-order valence-corrected chi connectivity index (χ0v) is 9.91. The number of hydroxylamine groups is 1. The van der Waals surface area contributed by atoms with Gasteiger partial charge in [-0.1, -0.05) is 26.7 Å². The second kappa shape index (κ2) is 5.30. The number of hydrogen-bond acceptors (Lipinski definition) is 3. The molecule has 0 bridgehead atoms. The molecule has 16 heavy (non-hydrogen) atoms. The standard InChI is InChI=1S/C11H20N2O3/c1-11(2)6-4-3-5-8(11)10(15)13-16-7-9(12)14/h8H,3-7H2,1-2H3,(H2,12,14)(H,13,15). The molecule has 1 unspecified atom stereocenters. The average molecular weight is 228 g/mol. The van der Waals surface area contributed by atoms with Crippen molar-refractivity contribution >= 4 is 11.8 Å². The van der Waals surface area contributed by atoms with E-state index in [1.165, 1.54) is 6.42 Å². The van der Waals surface area contributed by atoms with Crippen molar-refractivity contribution in [1.29, 1.82) is 0 Å². The van der Waals surface area contributed by atoms with Crippen LogP contribution in [0, 0.1) is 11.3 Å². The first kappa shape index (κ1) is 13.0. The molecule has 0 aromatic heterocycles. The molecule has 1 aliphatic carbocycles. The van der Waals surface area contributed by atoms with E-state index in [4.69, 9.17) is 10.6 Å². The van der Waals surface area contributed by atoms with Gasteiger partial charge in [-0.3, -0.25) is 14.4 Å². The van der Waals surface area contributed by atoms with Crippen LogP contribution in [0.25, 0.3) is 0 Å². The number of amides is 2. The van der Waals surface area contributed by atoms with Gasteiger partial charge >= 0.3 is 0 Å². The van der Waals surface area contributed by atoms with Gasteiger partial charge in [0.2, 0.25) is 11.8 Å². The summed E-state index contributed by atoms with van der Waals surface area (Å²) < 4.78 is 0. The molecule has 0 radical (unpaired) electrons. The quantitative estimate of drug-likeness (QED) is 0.696. The lowest BCUT2D eigenvalue weighted by atomic mass is 9.68. The first-order chi connectivity index (χ1) is 7.43. The van der Waals surface area contributed by atoms with E-state index in [1.807, 2.05) is 0 Å². The molecule has 1 aliphatic rings. The molecule has 5 heteroatoms. The van der Waals surface area contributed by atoms with Gasteiger partial charge < -0.3 is 5.73 Å². The number of primary amides is 1. The third-order valence-electron chi connectivity index (χ3n) is 3.21. The van der Waals surface area contributed by atoms with Crippen molar-refractivity contribution in [3.63, 3.8) is 0 Å². The summed E-state index contributed by atoms with van der Waals surface area (Å²) in [5.74, 6) is -0.789. The minimum atomic E-state index is -0.594. The summed E-state index contributed by atoms with van der Waals surface area (Å²) in [4.78, 5) is 27.0. The molecule has 0 heterocycles. The lowest BCUT2D eigenvalue weighted by Gasteiger charge is -2.37. The van der Waals surface area contributed by atoms with Crippen molar-refractivity contribution < 1.29 is 14.4 Å². The van der Waals surface area contributed by atoms with Gasteiger partial charge in [0, 0.05) is 5.92 Å². The highest BCUT2D eigenvalue weighted by atomic mass is 16.7. The Kier molecular flexibility index (Phi) is 4.29. The van der Waals surface area contributed by atoms with Crippen LogP contribution in [0.5, 0.6) is 0 Å². The number of nitrogens with one attached hydrogen (secondary N) is 1. The highest BCUT2D eigenvalue weighted by Crippen LogP contribution is 2.40. The fraction of sp³-hybridized carbons (Fsp3) is 0.818. The predicted molar refractivity (Wildman–Crippen MR) is 59.0 cm³/mol. The van der Waals surface area contributed by atoms with Crippen LogP contribution >= 0.6 is 0 Å². The normalized spacial score (nSPS) is 23.8. The number of carbonyl (C=O) groups is 2. The molecule has 0 aromatic carbocycles. The number of nitrogens with two attached hydrogens (primary N) is 1. The van der Waals surface area contributed by atoms with Gasteiger partial charge in [-0.15, -0.1) is 0 Å². The minimum absolute atomic E-state index is 0.00157. The van der Waals surface area contributed by atoms with E-state index in [9.17, 15) is 9.59 Å². The minimum Gasteiger partial charge on any atom is -0.368 e. The molecule has 0 aliphatic heterocycles. The largest absolute Gasteiger partial charge is 0.368 e. The van der Waals surface area contributed by atoms with Gasteiger partial charge in [0.1, 0.15) is 0 Å². The molecule has 1 atom stereocenters. The Hall–Kier alpha value is -1.10. The Bertz CT molecular complexity index is 276. The van der Waals surface area contributed by atoms with Crippen molar-refractivity contribution in [1.82, 2.24) is 5.48 Å². The second-order valence-corrected chi connectivity index (χ2v) is 5.01. The lowest BCUT2D eigenvalue weighted by Crippen LogP contribution is -2.42. The summed E-state index contributed by atoms with van der Waals surface area (Å²) >= 11 is 0. The van der Waals surface area contributed by atoms with E-state index < -0.39 is 5.91 Å². The predicted octanol–water partition coefficient (Wildman–Crippen LogP) is 0.736. The molecule has 92 valence electrons. The van der Waals surface area contributed by atoms with Crippen molar-refractivity contribution in [2.24, 2.45) is 17.1 Å².